The second kappa shape index (κ2) is 10.3. The van der Waals surface area contributed by atoms with Gasteiger partial charge in [0.05, 0.1) is 4.90 Å². The van der Waals surface area contributed by atoms with Crippen LogP contribution in [0.2, 0.25) is 0 Å². The molecule has 1 amide bonds. The Morgan fingerprint density at radius 2 is 1.44 bits per heavy atom. The Hall–Kier alpha value is -2.70. The minimum Gasteiger partial charge on any atom is -0.348 e. The highest BCUT2D eigenvalue weighted by molar-refractivity contribution is 7.89. The summed E-state index contributed by atoms with van der Waals surface area (Å²) in [5, 5.41) is 5.17. The Bertz CT molecular complexity index is 1150. The van der Waals surface area contributed by atoms with Crippen LogP contribution < -0.4 is 5.32 Å². The number of benzene rings is 3. The zero-order chi connectivity index (χ0) is 23.3. The molecule has 0 aliphatic carbocycles. The maximum atomic E-state index is 13.1. The predicted molar refractivity (Wildman–Crippen MR) is 130 cm³/mol. The van der Waals surface area contributed by atoms with Crippen LogP contribution in [0.5, 0.6) is 0 Å². The van der Waals surface area contributed by atoms with Crippen molar-refractivity contribution in [3.8, 4) is 0 Å². The second-order valence-electron chi connectivity index (χ2n) is 8.96. The first-order valence-corrected chi connectivity index (χ1v) is 12.5. The van der Waals surface area contributed by atoms with Crippen molar-refractivity contribution < 1.29 is 13.2 Å². The number of sulfonamides is 1. The summed E-state index contributed by atoms with van der Waals surface area (Å²) in [6.45, 7) is 9.36. The van der Waals surface area contributed by atoms with Gasteiger partial charge in [-0.2, -0.15) is 4.31 Å². The summed E-state index contributed by atoms with van der Waals surface area (Å²) in [6, 6.07) is 20.3. The molecule has 170 valence electrons. The van der Waals surface area contributed by atoms with Crippen molar-refractivity contribution >= 4 is 26.7 Å². The molecule has 0 saturated carbocycles. The average Bonchev–Trinajstić information content (AvgIpc) is 2.76. The van der Waals surface area contributed by atoms with E-state index >= 15 is 0 Å². The number of hydrogen-bond acceptors (Lipinski definition) is 3. The molecule has 0 saturated heterocycles. The minimum absolute atomic E-state index is 0.212. The van der Waals surface area contributed by atoms with Crippen LogP contribution in [0.15, 0.2) is 71.6 Å². The van der Waals surface area contributed by atoms with Gasteiger partial charge in [-0.1, -0.05) is 70.2 Å². The summed E-state index contributed by atoms with van der Waals surface area (Å²) in [6.07, 6.45) is 0. The third-order valence-corrected chi connectivity index (χ3v) is 7.06. The molecule has 0 aromatic heterocycles. The molecule has 3 aromatic carbocycles. The Kier molecular flexibility index (Phi) is 7.69. The SMILES string of the molecule is CC(C)CN(CC(C)C)S(=O)(=O)c1ccc(C(=O)NCc2cccc3ccccc23)cc1. The molecule has 3 aromatic rings. The van der Waals surface area contributed by atoms with Gasteiger partial charge in [-0.15, -0.1) is 0 Å². The van der Waals surface area contributed by atoms with Gasteiger partial charge in [-0.25, -0.2) is 8.42 Å². The van der Waals surface area contributed by atoms with E-state index in [0.717, 1.165) is 16.3 Å². The van der Waals surface area contributed by atoms with E-state index < -0.39 is 10.0 Å². The fourth-order valence-electron chi connectivity index (χ4n) is 3.74. The largest absolute Gasteiger partial charge is 0.348 e. The van der Waals surface area contributed by atoms with Gasteiger partial charge in [0.25, 0.3) is 5.91 Å². The van der Waals surface area contributed by atoms with E-state index in [9.17, 15) is 13.2 Å². The van der Waals surface area contributed by atoms with Gasteiger partial charge >= 0.3 is 0 Å². The van der Waals surface area contributed by atoms with Gasteiger partial charge in [0.15, 0.2) is 0 Å². The van der Waals surface area contributed by atoms with Crippen LogP contribution in [0.25, 0.3) is 10.8 Å². The van der Waals surface area contributed by atoms with Crippen molar-refractivity contribution in [2.24, 2.45) is 11.8 Å². The number of carbonyl (C=O) groups excluding carboxylic acids is 1. The lowest BCUT2D eigenvalue weighted by Crippen LogP contribution is -2.37. The van der Waals surface area contributed by atoms with Crippen molar-refractivity contribution in [1.29, 1.82) is 0 Å². The summed E-state index contributed by atoms with van der Waals surface area (Å²) in [5.74, 6) is 0.216. The zero-order valence-corrected chi connectivity index (χ0v) is 20.0. The molecule has 0 aliphatic rings. The van der Waals surface area contributed by atoms with Crippen molar-refractivity contribution in [2.45, 2.75) is 39.1 Å². The van der Waals surface area contributed by atoms with Gasteiger partial charge in [0.1, 0.15) is 0 Å². The Balaban J connectivity index is 1.73. The van der Waals surface area contributed by atoms with Gasteiger partial charge < -0.3 is 5.32 Å². The van der Waals surface area contributed by atoms with Crippen molar-refractivity contribution in [3.63, 3.8) is 0 Å². The first kappa shape index (κ1) is 24.0. The number of carbonyl (C=O) groups is 1. The molecular formula is C26H32N2O3S. The van der Waals surface area contributed by atoms with Crippen molar-refractivity contribution in [2.75, 3.05) is 13.1 Å². The number of fused-ring (bicyclic) bond motifs is 1. The molecule has 6 heteroatoms. The van der Waals surface area contributed by atoms with Gasteiger partial charge in [-0.3, -0.25) is 4.79 Å². The molecule has 0 aliphatic heterocycles. The van der Waals surface area contributed by atoms with E-state index in [0.29, 0.717) is 25.2 Å². The molecule has 0 heterocycles. The Morgan fingerprint density at radius 1 is 0.844 bits per heavy atom. The monoisotopic (exact) mass is 452 g/mol. The molecule has 0 spiro atoms. The maximum Gasteiger partial charge on any atom is 0.251 e. The highest BCUT2D eigenvalue weighted by atomic mass is 32.2. The van der Waals surface area contributed by atoms with Crippen molar-refractivity contribution in [3.05, 3.63) is 77.9 Å². The number of nitrogens with zero attached hydrogens (tertiary/aromatic N) is 1. The van der Waals surface area contributed by atoms with Crippen LogP contribution in [-0.2, 0) is 16.6 Å². The summed E-state index contributed by atoms with van der Waals surface area (Å²) in [5.41, 5.74) is 1.47. The second-order valence-corrected chi connectivity index (χ2v) is 10.9. The van der Waals surface area contributed by atoms with Crippen molar-refractivity contribution in [1.82, 2.24) is 9.62 Å². The van der Waals surface area contributed by atoms with Crippen LogP contribution in [0.4, 0.5) is 0 Å². The van der Waals surface area contributed by atoms with Crippen LogP contribution in [0.1, 0.15) is 43.6 Å². The predicted octanol–water partition coefficient (Wildman–Crippen LogP) is 5.07. The smallest absolute Gasteiger partial charge is 0.251 e. The molecule has 0 radical (unpaired) electrons. The van der Waals surface area contributed by atoms with Crippen LogP contribution >= 0.6 is 0 Å². The van der Waals surface area contributed by atoms with Crippen LogP contribution in [0.3, 0.4) is 0 Å². The fraction of sp³-hybridized carbons (Fsp3) is 0.346. The molecule has 0 unspecified atom stereocenters. The molecule has 0 bridgehead atoms. The number of amides is 1. The molecule has 1 N–H and O–H groups in total. The normalized spacial score (nSPS) is 12.1. The molecular weight excluding hydrogens is 420 g/mol. The number of nitrogens with one attached hydrogen (secondary N) is 1. The quantitative estimate of drug-likeness (QED) is 0.493. The summed E-state index contributed by atoms with van der Waals surface area (Å²) in [7, 11) is -3.61. The zero-order valence-electron chi connectivity index (χ0n) is 19.2. The minimum atomic E-state index is -3.61. The third kappa shape index (κ3) is 5.75. The Labute approximate surface area is 191 Å². The van der Waals surface area contributed by atoms with E-state index in [1.807, 2.05) is 70.2 Å². The first-order chi connectivity index (χ1) is 15.2. The van der Waals surface area contributed by atoms with Gasteiger partial charge in [0.2, 0.25) is 10.0 Å². The lowest BCUT2D eigenvalue weighted by atomic mass is 10.0. The highest BCUT2D eigenvalue weighted by Gasteiger charge is 2.26. The maximum absolute atomic E-state index is 13.1. The Morgan fingerprint density at radius 3 is 2.06 bits per heavy atom. The summed E-state index contributed by atoms with van der Waals surface area (Å²) >= 11 is 0. The van der Waals surface area contributed by atoms with E-state index in [-0.39, 0.29) is 22.6 Å². The topological polar surface area (TPSA) is 66.5 Å². The lowest BCUT2D eigenvalue weighted by molar-refractivity contribution is 0.0951. The molecule has 0 fully saturated rings. The first-order valence-electron chi connectivity index (χ1n) is 11.0. The average molecular weight is 453 g/mol. The van der Waals surface area contributed by atoms with E-state index in [1.165, 1.54) is 16.4 Å². The van der Waals surface area contributed by atoms with Gasteiger partial charge in [-0.05, 0) is 52.4 Å². The number of hydrogen-bond donors (Lipinski definition) is 1. The van der Waals surface area contributed by atoms with Crippen LogP contribution in [-0.4, -0.2) is 31.7 Å². The summed E-state index contributed by atoms with van der Waals surface area (Å²) in [4.78, 5) is 12.9. The van der Waals surface area contributed by atoms with Gasteiger partial charge in [0, 0.05) is 25.2 Å². The van der Waals surface area contributed by atoms with Crippen LogP contribution in [0, 0.1) is 11.8 Å². The highest BCUT2D eigenvalue weighted by Crippen LogP contribution is 2.20. The van der Waals surface area contributed by atoms with E-state index in [1.54, 1.807) is 12.1 Å². The molecule has 5 nitrogen and oxygen atoms in total. The molecule has 32 heavy (non-hydrogen) atoms. The third-order valence-electron chi connectivity index (χ3n) is 5.21. The summed E-state index contributed by atoms with van der Waals surface area (Å²) < 4.78 is 27.8. The standard InChI is InChI=1S/C26H32N2O3S/c1-19(2)17-28(18-20(3)4)32(30,31)24-14-12-22(13-15-24)26(29)27-16-23-10-7-9-21-8-5-6-11-25(21)23/h5-15,19-20H,16-18H2,1-4H3,(H,27,29). The lowest BCUT2D eigenvalue weighted by Gasteiger charge is -2.25. The molecule has 3 rings (SSSR count). The van der Waals surface area contributed by atoms with E-state index in [4.69, 9.17) is 0 Å². The molecule has 0 atom stereocenters. The number of rotatable bonds is 9. The fourth-order valence-corrected chi connectivity index (χ4v) is 5.50. The van der Waals surface area contributed by atoms with E-state index in [2.05, 4.69) is 5.32 Å².